The maximum atomic E-state index is 4.16. The molecule has 0 fully saturated rings. The second-order valence-electron chi connectivity index (χ2n) is 4.62. The Balaban J connectivity index is 1.92. The molecular formula is C16H12N4S. The van der Waals surface area contributed by atoms with Gasteiger partial charge in [0.15, 0.2) is 0 Å². The van der Waals surface area contributed by atoms with Gasteiger partial charge in [0.1, 0.15) is 0 Å². The third-order valence-corrected chi connectivity index (χ3v) is 4.26. The molecule has 0 N–H and O–H groups in total. The lowest BCUT2D eigenvalue weighted by molar-refractivity contribution is 1.02. The van der Waals surface area contributed by atoms with Crippen molar-refractivity contribution in [3.63, 3.8) is 0 Å². The zero-order chi connectivity index (χ0) is 14.1. The quantitative estimate of drug-likeness (QED) is 0.576. The van der Waals surface area contributed by atoms with Crippen molar-refractivity contribution < 1.29 is 0 Å². The summed E-state index contributed by atoms with van der Waals surface area (Å²) in [4.78, 5) is 9.52. The Kier molecular flexibility index (Phi) is 2.90. The SMILES string of the molecule is c1csc(-c2ccc(-n3ccnc3)cc2-n2ccnc2)c1. The number of hydrogen-bond donors (Lipinski definition) is 0. The normalized spacial score (nSPS) is 10.9. The number of imidazole rings is 2. The number of rotatable bonds is 3. The first kappa shape index (κ1) is 12.1. The molecule has 102 valence electrons. The van der Waals surface area contributed by atoms with Crippen molar-refractivity contribution >= 4 is 11.3 Å². The van der Waals surface area contributed by atoms with Crippen LogP contribution in [-0.2, 0) is 0 Å². The second kappa shape index (κ2) is 5.03. The van der Waals surface area contributed by atoms with E-state index in [9.17, 15) is 0 Å². The van der Waals surface area contributed by atoms with Crippen LogP contribution in [0, 0.1) is 0 Å². The summed E-state index contributed by atoms with van der Waals surface area (Å²) < 4.78 is 4.04. The van der Waals surface area contributed by atoms with Gasteiger partial charge in [-0.15, -0.1) is 11.3 Å². The minimum atomic E-state index is 1.08. The highest BCUT2D eigenvalue weighted by Gasteiger charge is 2.09. The summed E-state index contributed by atoms with van der Waals surface area (Å²) in [5.74, 6) is 0. The molecule has 21 heavy (non-hydrogen) atoms. The first-order chi connectivity index (χ1) is 10.4. The fourth-order valence-electron chi connectivity index (χ4n) is 2.35. The first-order valence-electron chi connectivity index (χ1n) is 6.56. The van der Waals surface area contributed by atoms with E-state index >= 15 is 0 Å². The fraction of sp³-hybridized carbons (Fsp3) is 0. The highest BCUT2D eigenvalue weighted by atomic mass is 32.1. The van der Waals surface area contributed by atoms with Gasteiger partial charge in [-0.25, -0.2) is 9.97 Å². The lowest BCUT2D eigenvalue weighted by Crippen LogP contribution is -1.97. The molecule has 1 aromatic carbocycles. The smallest absolute Gasteiger partial charge is 0.0991 e. The molecule has 4 rings (SSSR count). The molecule has 0 saturated heterocycles. The maximum Gasteiger partial charge on any atom is 0.0991 e. The van der Waals surface area contributed by atoms with E-state index in [0.717, 1.165) is 11.4 Å². The van der Waals surface area contributed by atoms with Crippen LogP contribution in [0.15, 0.2) is 73.2 Å². The molecule has 0 saturated carbocycles. The second-order valence-corrected chi connectivity index (χ2v) is 5.57. The van der Waals surface area contributed by atoms with E-state index in [-0.39, 0.29) is 0 Å². The molecule has 0 aliphatic rings. The van der Waals surface area contributed by atoms with Gasteiger partial charge < -0.3 is 9.13 Å². The Morgan fingerprint density at radius 1 is 0.905 bits per heavy atom. The van der Waals surface area contributed by atoms with Crippen molar-refractivity contribution in [3.8, 4) is 21.8 Å². The van der Waals surface area contributed by atoms with Crippen molar-refractivity contribution in [2.24, 2.45) is 0 Å². The summed E-state index contributed by atoms with van der Waals surface area (Å²) in [6, 6.07) is 10.6. The molecule has 0 amide bonds. The molecule has 3 heterocycles. The van der Waals surface area contributed by atoms with E-state index in [1.807, 2.05) is 27.9 Å². The average molecular weight is 292 g/mol. The molecule has 0 radical (unpaired) electrons. The van der Waals surface area contributed by atoms with Gasteiger partial charge in [0.2, 0.25) is 0 Å². The third kappa shape index (κ3) is 2.17. The largest absolute Gasteiger partial charge is 0.306 e. The topological polar surface area (TPSA) is 35.6 Å². The van der Waals surface area contributed by atoms with Gasteiger partial charge in [-0.3, -0.25) is 0 Å². The highest BCUT2D eigenvalue weighted by molar-refractivity contribution is 7.13. The Labute approximate surface area is 126 Å². The van der Waals surface area contributed by atoms with E-state index < -0.39 is 0 Å². The number of aromatic nitrogens is 4. The summed E-state index contributed by atoms with van der Waals surface area (Å²) in [7, 11) is 0. The van der Waals surface area contributed by atoms with Crippen molar-refractivity contribution in [2.75, 3.05) is 0 Å². The molecule has 0 atom stereocenters. The Hall–Kier alpha value is -2.66. The number of hydrogen-bond acceptors (Lipinski definition) is 3. The summed E-state index contributed by atoms with van der Waals surface area (Å²) in [5.41, 5.74) is 3.39. The van der Waals surface area contributed by atoms with E-state index in [1.165, 1.54) is 10.4 Å². The van der Waals surface area contributed by atoms with Crippen molar-refractivity contribution in [3.05, 3.63) is 73.2 Å². The van der Waals surface area contributed by atoms with E-state index in [1.54, 1.807) is 30.1 Å². The van der Waals surface area contributed by atoms with Crippen LogP contribution in [0.25, 0.3) is 21.8 Å². The number of nitrogens with zero attached hydrogens (tertiary/aromatic N) is 4. The third-order valence-electron chi connectivity index (χ3n) is 3.35. The van der Waals surface area contributed by atoms with Crippen LogP contribution in [0.5, 0.6) is 0 Å². The molecule has 5 heteroatoms. The molecular weight excluding hydrogens is 280 g/mol. The number of benzene rings is 1. The minimum absolute atomic E-state index is 1.08. The summed E-state index contributed by atoms with van der Waals surface area (Å²) in [6.45, 7) is 0. The van der Waals surface area contributed by atoms with Crippen LogP contribution in [0.3, 0.4) is 0 Å². The fourth-order valence-corrected chi connectivity index (χ4v) is 3.11. The van der Waals surface area contributed by atoms with Crippen LogP contribution in [-0.4, -0.2) is 19.1 Å². The predicted molar refractivity (Wildman–Crippen MR) is 84.0 cm³/mol. The van der Waals surface area contributed by atoms with Crippen LogP contribution in [0.4, 0.5) is 0 Å². The Bertz CT molecular complexity index is 831. The molecule has 0 aliphatic heterocycles. The standard InChI is InChI=1S/C16H12N4S/c1-2-16(21-9-1)14-4-3-13(19-7-5-17-11-19)10-15(14)20-8-6-18-12-20/h1-12H. The van der Waals surface area contributed by atoms with Gasteiger partial charge in [0, 0.05) is 40.9 Å². The molecule has 0 unspecified atom stereocenters. The van der Waals surface area contributed by atoms with Gasteiger partial charge in [-0.2, -0.15) is 0 Å². The summed E-state index contributed by atoms with van der Waals surface area (Å²) >= 11 is 1.74. The van der Waals surface area contributed by atoms with Gasteiger partial charge in [0.05, 0.1) is 18.3 Å². The lowest BCUT2D eigenvalue weighted by atomic mass is 10.1. The van der Waals surface area contributed by atoms with Crippen molar-refractivity contribution in [1.82, 2.24) is 19.1 Å². The molecule has 4 aromatic rings. The molecule has 3 aromatic heterocycles. The number of thiophene rings is 1. The molecule has 4 nitrogen and oxygen atoms in total. The monoisotopic (exact) mass is 292 g/mol. The van der Waals surface area contributed by atoms with Crippen molar-refractivity contribution in [1.29, 1.82) is 0 Å². The maximum absolute atomic E-state index is 4.16. The highest BCUT2D eigenvalue weighted by Crippen LogP contribution is 2.32. The summed E-state index contributed by atoms with van der Waals surface area (Å²) in [5, 5.41) is 2.09. The van der Waals surface area contributed by atoms with Crippen molar-refractivity contribution in [2.45, 2.75) is 0 Å². The molecule has 0 aliphatic carbocycles. The van der Waals surface area contributed by atoms with Gasteiger partial charge >= 0.3 is 0 Å². The Morgan fingerprint density at radius 3 is 2.38 bits per heavy atom. The van der Waals surface area contributed by atoms with Crippen LogP contribution in [0.2, 0.25) is 0 Å². The van der Waals surface area contributed by atoms with E-state index in [0.29, 0.717) is 0 Å². The molecule has 0 spiro atoms. The lowest BCUT2D eigenvalue weighted by Gasteiger charge is -2.12. The molecule has 0 bridgehead atoms. The van der Waals surface area contributed by atoms with Gasteiger partial charge in [0.25, 0.3) is 0 Å². The predicted octanol–water partition coefficient (Wildman–Crippen LogP) is 3.79. The van der Waals surface area contributed by atoms with Gasteiger partial charge in [-0.05, 0) is 29.6 Å². The Morgan fingerprint density at radius 2 is 1.71 bits per heavy atom. The van der Waals surface area contributed by atoms with Crippen LogP contribution < -0.4 is 0 Å². The van der Waals surface area contributed by atoms with E-state index in [2.05, 4.69) is 45.7 Å². The zero-order valence-corrected chi connectivity index (χ0v) is 11.9. The first-order valence-corrected chi connectivity index (χ1v) is 7.44. The van der Waals surface area contributed by atoms with Gasteiger partial charge in [-0.1, -0.05) is 6.07 Å². The van der Waals surface area contributed by atoms with Crippen LogP contribution in [0.1, 0.15) is 0 Å². The average Bonchev–Trinajstić information content (AvgIpc) is 3.28. The van der Waals surface area contributed by atoms with Crippen LogP contribution >= 0.6 is 11.3 Å². The zero-order valence-electron chi connectivity index (χ0n) is 11.1. The summed E-state index contributed by atoms with van der Waals surface area (Å²) in [6.07, 6.45) is 11.1. The van der Waals surface area contributed by atoms with E-state index in [4.69, 9.17) is 0 Å². The minimum Gasteiger partial charge on any atom is -0.306 e.